The fourth-order valence-electron chi connectivity index (χ4n) is 0. The molecule has 0 aromatic carbocycles. The van der Waals surface area contributed by atoms with Gasteiger partial charge in [-0.2, -0.15) is 0 Å². The molecule has 0 aromatic rings. The summed E-state index contributed by atoms with van der Waals surface area (Å²) in [4.78, 5) is 0. The molecule has 0 radical (unpaired) electrons. The Morgan fingerprint density at radius 1 is 0.778 bits per heavy atom. The molecule has 0 spiro atoms. The summed E-state index contributed by atoms with van der Waals surface area (Å²) in [6, 6.07) is 0. The van der Waals surface area contributed by atoms with Gasteiger partial charge >= 0.3 is 19.5 Å². The summed E-state index contributed by atoms with van der Waals surface area (Å²) in [5.74, 6) is 0. The fraction of sp³-hybridized carbons (Fsp3) is 0.500. The molecule has 0 unspecified atom stereocenters. The third kappa shape index (κ3) is 28200. The van der Waals surface area contributed by atoms with Crippen LogP contribution in [0.4, 0.5) is 0 Å². The fourth-order valence-corrected chi connectivity index (χ4v) is 0. The third-order valence-corrected chi connectivity index (χ3v) is 0. The van der Waals surface area contributed by atoms with Crippen molar-refractivity contribution in [3.05, 3.63) is 24.3 Å². The maximum atomic E-state index is 5.03. The van der Waals surface area contributed by atoms with Gasteiger partial charge < -0.3 is 13.2 Å². The molecule has 9 heavy (non-hydrogen) atoms. The van der Waals surface area contributed by atoms with Crippen LogP contribution in [0.1, 0.15) is 27.7 Å². The van der Waals surface area contributed by atoms with Crippen LogP contribution in [-0.4, -0.2) is 0 Å². The van der Waals surface area contributed by atoms with Crippen molar-refractivity contribution in [2.45, 2.75) is 27.7 Å². The van der Waals surface area contributed by atoms with Gasteiger partial charge in [0, 0.05) is 0 Å². The normalized spacial score (nSPS) is 5.78. The molecule has 0 rings (SSSR count). The van der Waals surface area contributed by atoms with Gasteiger partial charge in [-0.25, -0.2) is 0 Å². The van der Waals surface area contributed by atoms with Gasteiger partial charge in [0.2, 0.25) is 0 Å². The minimum Gasteiger partial charge on any atom is -0.515 e. The van der Waals surface area contributed by atoms with E-state index in [0.29, 0.717) is 0 Å². The van der Waals surface area contributed by atoms with E-state index in [-0.39, 0.29) is 19.5 Å². The summed E-state index contributed by atoms with van der Waals surface area (Å²) >= 11 is 0. The van der Waals surface area contributed by atoms with Crippen LogP contribution in [0.15, 0.2) is 11.1 Å². The van der Waals surface area contributed by atoms with Gasteiger partial charge in [-0.1, -0.05) is 27.7 Å². The van der Waals surface area contributed by atoms with Crippen LogP contribution in [0, 0.1) is 13.2 Å². The van der Waals surface area contributed by atoms with Crippen LogP contribution in [0.3, 0.4) is 0 Å². The van der Waals surface area contributed by atoms with Crippen molar-refractivity contribution in [3.8, 4) is 0 Å². The second-order valence-corrected chi connectivity index (χ2v) is 2.15. The number of rotatable bonds is 0. The first kappa shape index (κ1) is 16.0. The first-order valence-electron chi connectivity index (χ1n) is 2.58. The molecule has 0 heterocycles. The second kappa shape index (κ2) is 11.0. The molecule has 1 heteroatoms. The van der Waals surface area contributed by atoms with Gasteiger partial charge in [0.25, 0.3) is 0 Å². The molecular weight excluding hydrogens is 161 g/mol. The first-order valence-corrected chi connectivity index (χ1v) is 2.58. The summed E-state index contributed by atoms with van der Waals surface area (Å²) in [5.41, 5.74) is 1.83. The molecule has 0 aliphatic carbocycles. The Morgan fingerprint density at radius 3 is 0.778 bits per heavy atom. The Labute approximate surface area is 71.8 Å². The number of hydrogen-bond acceptors (Lipinski definition) is 0. The zero-order chi connectivity index (χ0) is 7.15. The maximum absolute atomic E-state index is 5.03. The average Bonchev–Trinajstić information content (AvgIpc) is 1.25. The quantitative estimate of drug-likeness (QED) is 0.392. The Morgan fingerprint density at radius 2 is 0.778 bits per heavy atom. The molecule has 0 amide bonds. The van der Waals surface area contributed by atoms with E-state index in [1.165, 1.54) is 0 Å². The maximum Gasteiger partial charge on any atom is 2.00 e. The van der Waals surface area contributed by atoms with Crippen molar-refractivity contribution < 1.29 is 19.5 Å². The van der Waals surface area contributed by atoms with Crippen LogP contribution < -0.4 is 0 Å². The average molecular weight is 176 g/mol. The topological polar surface area (TPSA) is 0 Å². The standard InChI is InChI=1S/2C4H7.Zn/c2*1-4(2)3;/h2*1H,2-3H3;/q2*-1;+2. The van der Waals surface area contributed by atoms with Crippen molar-refractivity contribution >= 4 is 0 Å². The van der Waals surface area contributed by atoms with Gasteiger partial charge in [0.15, 0.2) is 0 Å². The molecule has 0 saturated carbocycles. The summed E-state index contributed by atoms with van der Waals surface area (Å²) < 4.78 is 0. The Kier molecular flexibility index (Phi) is 19.6. The molecule has 0 aromatic heterocycles. The van der Waals surface area contributed by atoms with Gasteiger partial charge in [-0.3, -0.25) is 11.1 Å². The van der Waals surface area contributed by atoms with Crippen molar-refractivity contribution in [2.24, 2.45) is 0 Å². The molecular formula is C8H14Zn. The predicted molar refractivity (Wildman–Crippen MR) is 38.3 cm³/mol. The van der Waals surface area contributed by atoms with E-state index in [4.69, 9.17) is 13.2 Å². The van der Waals surface area contributed by atoms with E-state index < -0.39 is 0 Å². The molecule has 48 valence electrons. The first-order chi connectivity index (χ1) is 3.46. The molecule has 0 nitrogen and oxygen atoms in total. The minimum absolute atomic E-state index is 0. The van der Waals surface area contributed by atoms with Crippen LogP contribution >= 0.6 is 0 Å². The van der Waals surface area contributed by atoms with Crippen molar-refractivity contribution in [1.29, 1.82) is 0 Å². The minimum atomic E-state index is 0. The van der Waals surface area contributed by atoms with Gasteiger partial charge in [-0.05, 0) is 0 Å². The molecule has 0 atom stereocenters. The van der Waals surface area contributed by atoms with Crippen LogP contribution in [0.25, 0.3) is 0 Å². The molecule has 0 bridgehead atoms. The van der Waals surface area contributed by atoms with Crippen molar-refractivity contribution in [2.75, 3.05) is 0 Å². The Balaban J connectivity index is -0.0000000720. The Hall–Kier alpha value is 0.103. The number of hydrogen-bond donors (Lipinski definition) is 0. The van der Waals surface area contributed by atoms with Crippen molar-refractivity contribution in [1.82, 2.24) is 0 Å². The zero-order valence-electron chi connectivity index (χ0n) is 6.86. The molecule has 0 saturated heterocycles. The van der Waals surface area contributed by atoms with E-state index in [1.54, 1.807) is 0 Å². The van der Waals surface area contributed by atoms with Crippen LogP contribution in [0.2, 0.25) is 0 Å². The summed E-state index contributed by atoms with van der Waals surface area (Å²) in [7, 11) is 0. The second-order valence-electron chi connectivity index (χ2n) is 2.15. The van der Waals surface area contributed by atoms with E-state index in [0.717, 1.165) is 11.1 Å². The molecule has 0 aliphatic heterocycles. The SMILES string of the molecule is [CH-]=C(C)C.[CH-]=C(C)C.[Zn+2]. The molecule has 0 aliphatic rings. The van der Waals surface area contributed by atoms with Crippen LogP contribution in [-0.2, 0) is 19.5 Å². The summed E-state index contributed by atoms with van der Waals surface area (Å²) in [6.45, 7) is 17.5. The largest absolute Gasteiger partial charge is 2.00 e. The predicted octanol–water partition coefficient (Wildman–Crippen LogP) is 2.77. The molecule has 0 fully saturated rings. The smallest absolute Gasteiger partial charge is 0.515 e. The monoisotopic (exact) mass is 174 g/mol. The van der Waals surface area contributed by atoms with Crippen molar-refractivity contribution in [3.63, 3.8) is 0 Å². The zero-order valence-corrected chi connectivity index (χ0v) is 9.83. The van der Waals surface area contributed by atoms with Gasteiger partial charge in [-0.15, -0.1) is 0 Å². The van der Waals surface area contributed by atoms with E-state index in [1.807, 2.05) is 27.7 Å². The van der Waals surface area contributed by atoms with Crippen LogP contribution in [0.5, 0.6) is 0 Å². The Bertz CT molecular complexity index is 62.6. The van der Waals surface area contributed by atoms with E-state index in [9.17, 15) is 0 Å². The third-order valence-electron chi connectivity index (χ3n) is 0. The van der Waals surface area contributed by atoms with E-state index in [2.05, 4.69) is 0 Å². The number of allylic oxidation sites excluding steroid dienone is 2. The van der Waals surface area contributed by atoms with Gasteiger partial charge in [0.1, 0.15) is 0 Å². The summed E-state index contributed by atoms with van der Waals surface area (Å²) in [6.07, 6.45) is 0. The van der Waals surface area contributed by atoms with E-state index >= 15 is 0 Å². The molecule has 0 N–H and O–H groups in total. The summed E-state index contributed by atoms with van der Waals surface area (Å²) in [5, 5.41) is 0. The van der Waals surface area contributed by atoms with Gasteiger partial charge in [0.05, 0.1) is 0 Å².